The number of methoxy groups -OCH3 is 1. The van der Waals surface area contributed by atoms with E-state index in [-0.39, 0.29) is 20.7 Å². The van der Waals surface area contributed by atoms with Crippen LogP contribution in [0.5, 0.6) is 5.75 Å². The molecule has 130 valence electrons. The van der Waals surface area contributed by atoms with Gasteiger partial charge in [0.05, 0.1) is 18.3 Å². The fraction of sp³-hybridized carbons (Fsp3) is 0.333. The number of sulfone groups is 1. The molecule has 0 aliphatic carbocycles. The van der Waals surface area contributed by atoms with E-state index in [1.54, 1.807) is 39.1 Å². The van der Waals surface area contributed by atoms with Gasteiger partial charge in [0.1, 0.15) is 10.6 Å². The summed E-state index contributed by atoms with van der Waals surface area (Å²) in [7, 11) is -1.09. The van der Waals surface area contributed by atoms with Crippen LogP contribution in [0.1, 0.15) is 12.5 Å². The van der Waals surface area contributed by atoms with Crippen molar-refractivity contribution in [3.63, 3.8) is 0 Å². The van der Waals surface area contributed by atoms with Gasteiger partial charge in [-0.15, -0.1) is 0 Å². The third-order valence-electron chi connectivity index (χ3n) is 3.55. The van der Waals surface area contributed by atoms with Crippen LogP contribution in [0.15, 0.2) is 34.3 Å². The first-order valence-corrected chi connectivity index (χ1v) is 8.99. The van der Waals surface area contributed by atoms with Gasteiger partial charge in [0.15, 0.2) is 0 Å². The van der Waals surface area contributed by atoms with Gasteiger partial charge in [-0.3, -0.25) is 0 Å². The highest BCUT2D eigenvalue weighted by atomic mass is 35.5. The SMILES string of the molecule is CCN(C)C(=O)n1cc(Cl)c(S(=O)(=O)c2c(C)cccc2OC)n1. The molecular weight excluding hydrogens is 354 g/mol. The fourth-order valence-corrected chi connectivity index (χ4v) is 4.20. The summed E-state index contributed by atoms with van der Waals surface area (Å²) in [5.74, 6) is 0.192. The maximum atomic E-state index is 13.0. The van der Waals surface area contributed by atoms with E-state index in [4.69, 9.17) is 16.3 Å². The molecular formula is C15H18ClN3O4S. The first-order chi connectivity index (χ1) is 11.2. The van der Waals surface area contributed by atoms with Crippen LogP contribution in [0.25, 0.3) is 0 Å². The molecule has 24 heavy (non-hydrogen) atoms. The molecule has 0 N–H and O–H groups in total. The summed E-state index contributed by atoms with van der Waals surface area (Å²) in [5, 5.41) is 3.39. The zero-order chi connectivity index (χ0) is 18.1. The van der Waals surface area contributed by atoms with Crippen molar-refractivity contribution in [2.24, 2.45) is 0 Å². The summed E-state index contributed by atoms with van der Waals surface area (Å²) in [4.78, 5) is 13.5. The minimum absolute atomic E-state index is 0.0176. The maximum absolute atomic E-state index is 13.0. The van der Waals surface area contributed by atoms with E-state index in [0.717, 1.165) is 4.68 Å². The number of hydrogen-bond donors (Lipinski definition) is 0. The largest absolute Gasteiger partial charge is 0.495 e. The van der Waals surface area contributed by atoms with Crippen LogP contribution in [0.4, 0.5) is 4.79 Å². The molecule has 0 aliphatic rings. The number of carbonyl (C=O) groups excluding carboxylic acids is 1. The Bertz CT molecular complexity index is 877. The topological polar surface area (TPSA) is 81.5 Å². The quantitative estimate of drug-likeness (QED) is 0.825. The van der Waals surface area contributed by atoms with Crippen molar-refractivity contribution in [2.75, 3.05) is 20.7 Å². The molecule has 7 nitrogen and oxygen atoms in total. The lowest BCUT2D eigenvalue weighted by atomic mass is 10.2. The molecule has 1 aromatic carbocycles. The Kier molecular flexibility index (Phi) is 5.19. The molecule has 1 aromatic heterocycles. The molecule has 9 heteroatoms. The van der Waals surface area contributed by atoms with E-state index in [0.29, 0.717) is 12.1 Å². The molecule has 0 spiro atoms. The molecule has 2 aromatic rings. The van der Waals surface area contributed by atoms with Crippen LogP contribution in [-0.2, 0) is 9.84 Å². The second-order valence-electron chi connectivity index (χ2n) is 5.13. The summed E-state index contributed by atoms with van der Waals surface area (Å²) in [6.07, 6.45) is 1.19. The van der Waals surface area contributed by atoms with Gasteiger partial charge in [0.2, 0.25) is 14.9 Å². The minimum atomic E-state index is -4.05. The van der Waals surface area contributed by atoms with Crippen molar-refractivity contribution in [1.82, 2.24) is 14.7 Å². The first-order valence-electron chi connectivity index (χ1n) is 7.13. The molecule has 1 amide bonds. The lowest BCUT2D eigenvalue weighted by Gasteiger charge is -2.13. The van der Waals surface area contributed by atoms with Gasteiger partial charge in [0.25, 0.3) is 0 Å². The summed E-state index contributed by atoms with van der Waals surface area (Å²) in [6.45, 7) is 3.89. The normalized spacial score (nSPS) is 11.4. The second-order valence-corrected chi connectivity index (χ2v) is 7.34. The van der Waals surface area contributed by atoms with Crippen LogP contribution >= 0.6 is 11.6 Å². The van der Waals surface area contributed by atoms with Crippen molar-refractivity contribution in [3.8, 4) is 5.75 Å². The summed E-state index contributed by atoms with van der Waals surface area (Å²) in [5.41, 5.74) is 0.497. The predicted octanol–water partition coefficient (Wildman–Crippen LogP) is 2.61. The Morgan fingerprint density at radius 3 is 2.67 bits per heavy atom. The fourth-order valence-electron chi connectivity index (χ4n) is 2.15. The summed E-state index contributed by atoms with van der Waals surface area (Å²) >= 11 is 6.05. The van der Waals surface area contributed by atoms with Crippen LogP contribution in [-0.4, -0.2) is 49.8 Å². The van der Waals surface area contributed by atoms with Gasteiger partial charge in [0, 0.05) is 13.6 Å². The Balaban J connectivity index is 2.60. The molecule has 0 bridgehead atoms. The van der Waals surface area contributed by atoms with E-state index >= 15 is 0 Å². The van der Waals surface area contributed by atoms with Gasteiger partial charge < -0.3 is 9.64 Å². The highest BCUT2D eigenvalue weighted by molar-refractivity contribution is 7.91. The number of nitrogens with zero attached hydrogens (tertiary/aromatic N) is 3. The molecule has 0 saturated carbocycles. The van der Waals surface area contributed by atoms with Gasteiger partial charge in [-0.1, -0.05) is 23.7 Å². The van der Waals surface area contributed by atoms with Gasteiger partial charge in [-0.2, -0.15) is 9.78 Å². The number of aryl methyl sites for hydroxylation is 1. The van der Waals surface area contributed by atoms with Crippen LogP contribution < -0.4 is 4.74 Å². The lowest BCUT2D eigenvalue weighted by Crippen LogP contribution is -2.31. The first kappa shape index (κ1) is 18.3. The lowest BCUT2D eigenvalue weighted by molar-refractivity contribution is 0.209. The average molecular weight is 372 g/mol. The maximum Gasteiger partial charge on any atom is 0.344 e. The molecule has 0 radical (unpaired) electrons. The Morgan fingerprint density at radius 2 is 2.08 bits per heavy atom. The minimum Gasteiger partial charge on any atom is -0.495 e. The molecule has 0 unspecified atom stereocenters. The number of aromatic nitrogens is 2. The van der Waals surface area contributed by atoms with Crippen molar-refractivity contribution >= 4 is 27.5 Å². The molecule has 0 fully saturated rings. The van der Waals surface area contributed by atoms with E-state index in [1.807, 2.05) is 0 Å². The van der Waals surface area contributed by atoms with Crippen molar-refractivity contribution in [3.05, 3.63) is 35.0 Å². The van der Waals surface area contributed by atoms with Crippen molar-refractivity contribution in [2.45, 2.75) is 23.8 Å². The van der Waals surface area contributed by atoms with Crippen LogP contribution in [0.3, 0.4) is 0 Å². The second kappa shape index (κ2) is 6.82. The zero-order valence-corrected chi connectivity index (χ0v) is 15.3. The number of halogens is 1. The standard InChI is InChI=1S/C15H18ClN3O4S/c1-5-18(3)15(20)19-9-11(16)14(17-19)24(21,22)13-10(2)7-6-8-12(13)23-4/h6-9H,5H2,1-4H3. The highest BCUT2D eigenvalue weighted by Crippen LogP contribution is 2.34. The van der Waals surface area contributed by atoms with Crippen molar-refractivity contribution in [1.29, 1.82) is 0 Å². The monoisotopic (exact) mass is 371 g/mol. The van der Waals surface area contributed by atoms with Crippen molar-refractivity contribution < 1.29 is 17.9 Å². The number of ether oxygens (including phenoxy) is 1. The van der Waals surface area contributed by atoms with E-state index in [2.05, 4.69) is 5.10 Å². The Labute approximate surface area is 145 Å². The van der Waals surface area contributed by atoms with Crippen LogP contribution in [0.2, 0.25) is 5.02 Å². The highest BCUT2D eigenvalue weighted by Gasteiger charge is 2.30. The third kappa shape index (κ3) is 3.11. The Hall–Kier alpha value is -2.06. The van der Waals surface area contributed by atoms with Gasteiger partial charge >= 0.3 is 6.03 Å². The van der Waals surface area contributed by atoms with E-state index in [1.165, 1.54) is 18.2 Å². The number of rotatable bonds is 4. The number of benzene rings is 1. The van der Waals surface area contributed by atoms with Crippen LogP contribution in [0, 0.1) is 6.92 Å². The molecule has 0 aliphatic heterocycles. The third-order valence-corrected chi connectivity index (χ3v) is 5.81. The smallest absolute Gasteiger partial charge is 0.344 e. The van der Waals surface area contributed by atoms with E-state index in [9.17, 15) is 13.2 Å². The number of carbonyl (C=O) groups is 1. The summed E-state index contributed by atoms with van der Waals surface area (Å²) in [6, 6.07) is 4.40. The zero-order valence-electron chi connectivity index (χ0n) is 13.8. The summed E-state index contributed by atoms with van der Waals surface area (Å²) < 4.78 is 32.0. The van der Waals surface area contributed by atoms with Gasteiger partial charge in [-0.05, 0) is 25.5 Å². The molecule has 2 rings (SSSR count). The predicted molar refractivity (Wildman–Crippen MR) is 89.5 cm³/mol. The van der Waals surface area contributed by atoms with E-state index < -0.39 is 15.9 Å². The molecule has 0 saturated heterocycles. The molecule has 0 atom stereocenters. The average Bonchev–Trinajstić information content (AvgIpc) is 2.95. The Morgan fingerprint density at radius 1 is 1.42 bits per heavy atom. The molecule has 1 heterocycles. The number of hydrogen-bond acceptors (Lipinski definition) is 5. The van der Waals surface area contributed by atoms with Gasteiger partial charge in [-0.25, -0.2) is 13.2 Å². The number of amides is 1.